The van der Waals surface area contributed by atoms with Gasteiger partial charge in [0.1, 0.15) is 11.1 Å². The summed E-state index contributed by atoms with van der Waals surface area (Å²) in [5, 5.41) is 26.7. The molecule has 8 heterocycles. The zero-order valence-electron chi connectivity index (χ0n) is 29.2. The third-order valence-electron chi connectivity index (χ3n) is 12.1. The molecule has 2 aliphatic carbocycles. The number of nitriles is 1. The molecule has 6 aromatic rings. The van der Waals surface area contributed by atoms with Gasteiger partial charge in [-0.2, -0.15) is 15.5 Å². The molecule has 52 heavy (non-hydrogen) atoms. The highest BCUT2D eigenvalue weighted by molar-refractivity contribution is 7.16. The number of nitrogen functional groups attached to an aromatic ring is 1. The van der Waals surface area contributed by atoms with Crippen molar-refractivity contribution in [3.05, 3.63) is 62.3 Å². The van der Waals surface area contributed by atoms with Crippen molar-refractivity contribution in [2.24, 2.45) is 0 Å². The molecular formula is C37H39N11O3S. The van der Waals surface area contributed by atoms with Crippen LogP contribution in [0.3, 0.4) is 0 Å². The highest BCUT2D eigenvalue weighted by Crippen LogP contribution is 2.55. The van der Waals surface area contributed by atoms with Gasteiger partial charge in [-0.3, -0.25) is 4.79 Å². The molecule has 0 unspecified atom stereocenters. The SMILES string of the molecule is C[C@@H]([C@@H]1CCCN1C)n1ncc2c(-n3cc4ccn([C@@H]5CCOC5)c(=O)c4n3)nc(-c3noc4c3CCC[C@@]43CCCc4sc(N)c(C#N)c43)nc21. The second kappa shape index (κ2) is 11.8. The topological polar surface area (TPSA) is 172 Å². The molecule has 2 aliphatic heterocycles. The zero-order chi connectivity index (χ0) is 35.3. The minimum absolute atomic E-state index is 0.00973. The van der Waals surface area contributed by atoms with Crippen LogP contribution in [0.1, 0.15) is 91.3 Å². The molecule has 2 saturated heterocycles. The molecule has 2 fully saturated rings. The molecule has 4 atom stereocenters. The van der Waals surface area contributed by atoms with Gasteiger partial charge in [-0.15, -0.1) is 11.3 Å². The Morgan fingerprint density at radius 3 is 2.83 bits per heavy atom. The lowest BCUT2D eigenvalue weighted by Crippen LogP contribution is -2.35. The van der Waals surface area contributed by atoms with E-state index in [1.807, 2.05) is 29.3 Å². The Labute approximate surface area is 302 Å². The first-order valence-electron chi connectivity index (χ1n) is 18.3. The minimum Gasteiger partial charge on any atom is -0.389 e. The first-order valence-corrected chi connectivity index (χ1v) is 19.1. The Hall–Kier alpha value is -4.91. The van der Waals surface area contributed by atoms with Crippen molar-refractivity contribution in [3.8, 4) is 23.4 Å². The number of aromatic nitrogens is 8. The number of ether oxygens (including phenoxy) is 1. The summed E-state index contributed by atoms with van der Waals surface area (Å²) < 4.78 is 17.3. The Bertz CT molecular complexity index is 2490. The molecule has 0 aromatic carbocycles. The monoisotopic (exact) mass is 717 g/mol. The Morgan fingerprint density at radius 2 is 2.04 bits per heavy atom. The first-order chi connectivity index (χ1) is 25.4. The summed E-state index contributed by atoms with van der Waals surface area (Å²) in [6.07, 6.45) is 13.8. The van der Waals surface area contributed by atoms with Crippen molar-refractivity contribution in [1.29, 1.82) is 5.26 Å². The third kappa shape index (κ3) is 4.53. The van der Waals surface area contributed by atoms with Gasteiger partial charge in [0.25, 0.3) is 5.56 Å². The normalized spacial score (nSPS) is 23.8. The van der Waals surface area contributed by atoms with Crippen molar-refractivity contribution < 1.29 is 9.26 Å². The maximum Gasteiger partial charge on any atom is 0.279 e. The molecule has 266 valence electrons. The van der Waals surface area contributed by atoms with E-state index in [9.17, 15) is 10.1 Å². The van der Waals surface area contributed by atoms with Gasteiger partial charge < -0.3 is 24.5 Å². The van der Waals surface area contributed by atoms with E-state index in [2.05, 4.69) is 24.9 Å². The van der Waals surface area contributed by atoms with Gasteiger partial charge in [-0.25, -0.2) is 19.3 Å². The second-order valence-corrected chi connectivity index (χ2v) is 16.1. The zero-order valence-corrected chi connectivity index (χ0v) is 30.0. The lowest BCUT2D eigenvalue weighted by atomic mass is 9.63. The summed E-state index contributed by atoms with van der Waals surface area (Å²) >= 11 is 1.53. The fourth-order valence-corrected chi connectivity index (χ4v) is 10.7. The average Bonchev–Trinajstić information content (AvgIpc) is 4.00. The highest BCUT2D eigenvalue weighted by atomic mass is 32.1. The van der Waals surface area contributed by atoms with Crippen LogP contribution in [0, 0.1) is 11.3 Å². The number of aryl methyl sites for hydroxylation is 1. The molecule has 0 radical (unpaired) electrons. The number of hydrogen-bond donors (Lipinski definition) is 1. The van der Waals surface area contributed by atoms with Gasteiger partial charge in [0, 0.05) is 40.9 Å². The van der Waals surface area contributed by atoms with E-state index in [0.29, 0.717) is 58.3 Å². The molecule has 0 bridgehead atoms. The summed E-state index contributed by atoms with van der Waals surface area (Å²) in [6.45, 7) is 4.39. The molecule has 0 saturated carbocycles. The molecule has 2 N–H and O–H groups in total. The van der Waals surface area contributed by atoms with Crippen LogP contribution < -0.4 is 11.3 Å². The van der Waals surface area contributed by atoms with E-state index in [0.717, 1.165) is 92.0 Å². The number of fused-ring (bicyclic) bond motifs is 6. The standard InChI is InChI=1S/C37H39N11O3S/c1-20(26-7-5-13-45(26)2)48-35-25(17-40-48)34(47-18-21-9-14-46(22-10-15-50-19-22)36(49)29(21)43-47)41-33(42-35)30-23-6-3-11-37(31(23)51-44-30)12-4-8-27-28(37)24(16-38)32(39)52-27/h9,14,17-18,20,22,26H,3-8,10-13,15,19,39H2,1-2H3/t20-,22+,26-,37-/m0/s1. The van der Waals surface area contributed by atoms with Crippen LogP contribution in [-0.4, -0.2) is 77.0 Å². The number of likely N-dealkylation sites (N-methyl/N-ethyl adjacent to an activating group) is 1. The summed E-state index contributed by atoms with van der Waals surface area (Å²) in [5.41, 5.74) is 9.99. The van der Waals surface area contributed by atoms with Crippen LogP contribution in [0.5, 0.6) is 0 Å². The van der Waals surface area contributed by atoms with Gasteiger partial charge in [-0.1, -0.05) is 5.16 Å². The molecular weight excluding hydrogens is 679 g/mol. The molecule has 0 amide bonds. The molecule has 4 aliphatic rings. The quantitative estimate of drug-likeness (QED) is 0.252. The summed E-state index contributed by atoms with van der Waals surface area (Å²) in [7, 11) is 2.17. The fourth-order valence-electron chi connectivity index (χ4n) is 9.58. The number of hydrogen-bond acceptors (Lipinski definition) is 12. The fraction of sp³-hybridized carbons (Fsp3) is 0.486. The van der Waals surface area contributed by atoms with E-state index in [1.54, 1.807) is 9.25 Å². The number of rotatable bonds is 5. The lowest BCUT2D eigenvalue weighted by molar-refractivity contribution is 0.186. The second-order valence-electron chi connectivity index (χ2n) is 14.9. The lowest BCUT2D eigenvalue weighted by Gasteiger charge is -2.39. The minimum atomic E-state index is -0.466. The predicted octanol–water partition coefficient (Wildman–Crippen LogP) is 5.07. The molecule has 14 nitrogen and oxygen atoms in total. The molecule has 6 aromatic heterocycles. The van der Waals surface area contributed by atoms with Crippen molar-refractivity contribution in [1.82, 2.24) is 44.2 Å². The van der Waals surface area contributed by atoms with Crippen LogP contribution in [0.25, 0.3) is 39.3 Å². The summed E-state index contributed by atoms with van der Waals surface area (Å²) in [6, 6.07) is 4.68. The number of thiophene rings is 1. The van der Waals surface area contributed by atoms with E-state index >= 15 is 0 Å². The van der Waals surface area contributed by atoms with Crippen LogP contribution >= 0.6 is 11.3 Å². The molecule has 15 heteroatoms. The van der Waals surface area contributed by atoms with Crippen LogP contribution in [0.2, 0.25) is 0 Å². The third-order valence-corrected chi connectivity index (χ3v) is 13.2. The molecule has 1 spiro atoms. The largest absolute Gasteiger partial charge is 0.389 e. The summed E-state index contributed by atoms with van der Waals surface area (Å²) in [5.74, 6) is 1.73. The number of anilines is 1. The predicted molar refractivity (Wildman–Crippen MR) is 195 cm³/mol. The average molecular weight is 718 g/mol. The van der Waals surface area contributed by atoms with E-state index in [-0.39, 0.29) is 17.6 Å². The van der Waals surface area contributed by atoms with Gasteiger partial charge in [0.15, 0.2) is 34.3 Å². The molecule has 10 rings (SSSR count). The van der Waals surface area contributed by atoms with E-state index < -0.39 is 5.41 Å². The number of nitrogens with two attached hydrogens (primary N) is 1. The van der Waals surface area contributed by atoms with Crippen molar-refractivity contribution in [2.75, 3.05) is 32.5 Å². The Kier molecular flexibility index (Phi) is 7.22. The highest BCUT2D eigenvalue weighted by Gasteiger charge is 2.49. The van der Waals surface area contributed by atoms with Gasteiger partial charge in [0.05, 0.1) is 41.3 Å². The van der Waals surface area contributed by atoms with Gasteiger partial charge >= 0.3 is 0 Å². The Morgan fingerprint density at radius 1 is 1.17 bits per heavy atom. The smallest absolute Gasteiger partial charge is 0.279 e. The first kappa shape index (κ1) is 31.8. The van der Waals surface area contributed by atoms with E-state index in [1.165, 1.54) is 16.2 Å². The number of likely N-dealkylation sites (tertiary alicyclic amines) is 1. The summed E-state index contributed by atoms with van der Waals surface area (Å²) in [4.78, 5) is 27.6. The van der Waals surface area contributed by atoms with Gasteiger partial charge in [0.2, 0.25) is 0 Å². The van der Waals surface area contributed by atoms with Crippen LogP contribution in [0.15, 0.2) is 34.0 Å². The number of nitrogens with zero attached hydrogens (tertiary/aromatic N) is 10. The van der Waals surface area contributed by atoms with Crippen LogP contribution in [0.4, 0.5) is 5.00 Å². The maximum absolute atomic E-state index is 13.7. The van der Waals surface area contributed by atoms with Crippen molar-refractivity contribution >= 4 is 38.3 Å². The van der Waals surface area contributed by atoms with Crippen LogP contribution in [-0.2, 0) is 23.0 Å². The van der Waals surface area contributed by atoms with Crippen molar-refractivity contribution in [2.45, 2.75) is 88.3 Å². The van der Waals surface area contributed by atoms with Crippen molar-refractivity contribution in [3.63, 3.8) is 0 Å². The van der Waals surface area contributed by atoms with E-state index in [4.69, 9.17) is 40.3 Å². The number of pyridine rings is 1. The maximum atomic E-state index is 13.7. The Balaban J connectivity index is 1.16. The van der Waals surface area contributed by atoms with Gasteiger partial charge in [-0.05, 0) is 89.9 Å².